The van der Waals surface area contributed by atoms with E-state index in [4.69, 9.17) is 0 Å². The number of hydrogen-bond acceptors (Lipinski definition) is 5. The zero-order valence-electron chi connectivity index (χ0n) is 11.6. The van der Waals surface area contributed by atoms with Gasteiger partial charge in [-0.3, -0.25) is 4.40 Å². The second-order valence-electron chi connectivity index (χ2n) is 5.28. The van der Waals surface area contributed by atoms with Crippen molar-refractivity contribution in [2.45, 2.75) is 26.3 Å². The summed E-state index contributed by atoms with van der Waals surface area (Å²) in [5.41, 5.74) is 0.813. The molecule has 18 heavy (non-hydrogen) atoms. The van der Waals surface area contributed by atoms with Crippen molar-refractivity contribution in [3.8, 4) is 0 Å². The van der Waals surface area contributed by atoms with E-state index >= 15 is 0 Å². The average Bonchev–Trinajstić information content (AvgIpc) is 2.69. The van der Waals surface area contributed by atoms with Crippen LogP contribution in [0, 0.1) is 6.92 Å². The smallest absolute Gasteiger partial charge is 0.203 e. The fourth-order valence-electron chi connectivity index (χ4n) is 1.52. The number of rotatable bonds is 4. The Balaban J connectivity index is 2.23. The molecule has 0 amide bonds. The number of nitrogens with zero attached hydrogens (tertiary/aromatic N) is 5. The molecule has 0 unspecified atom stereocenters. The number of hydrogen-bond donors (Lipinski definition) is 1. The van der Waals surface area contributed by atoms with Crippen molar-refractivity contribution >= 4 is 11.5 Å². The molecule has 0 aliphatic rings. The molecular weight excluding hydrogens is 228 g/mol. The second-order valence-corrected chi connectivity index (χ2v) is 5.28. The average molecular weight is 248 g/mol. The van der Waals surface area contributed by atoms with Crippen molar-refractivity contribution < 1.29 is 0 Å². The Bertz CT molecular complexity index is 542. The van der Waals surface area contributed by atoms with Gasteiger partial charge in [0.2, 0.25) is 5.65 Å². The van der Waals surface area contributed by atoms with Gasteiger partial charge < -0.3 is 10.2 Å². The van der Waals surface area contributed by atoms with E-state index < -0.39 is 0 Å². The van der Waals surface area contributed by atoms with E-state index in [0.29, 0.717) is 0 Å². The summed E-state index contributed by atoms with van der Waals surface area (Å²) in [6, 6.07) is 0. The van der Waals surface area contributed by atoms with Crippen molar-refractivity contribution in [3.63, 3.8) is 0 Å². The van der Waals surface area contributed by atoms with E-state index in [0.717, 1.165) is 23.8 Å². The number of aromatic nitrogens is 4. The van der Waals surface area contributed by atoms with Crippen LogP contribution in [-0.2, 0) is 0 Å². The van der Waals surface area contributed by atoms with Crippen LogP contribution < -0.4 is 5.32 Å². The Hall–Kier alpha value is -1.69. The van der Waals surface area contributed by atoms with E-state index in [2.05, 4.69) is 53.3 Å². The molecule has 0 aromatic carbocycles. The summed E-state index contributed by atoms with van der Waals surface area (Å²) < 4.78 is 1.93. The normalized spacial score (nSPS) is 12.3. The molecule has 0 saturated heterocycles. The molecule has 2 aromatic rings. The maximum atomic E-state index is 4.33. The molecule has 0 fully saturated rings. The summed E-state index contributed by atoms with van der Waals surface area (Å²) in [4.78, 5) is 6.51. The van der Waals surface area contributed by atoms with Crippen LogP contribution in [0.5, 0.6) is 0 Å². The Labute approximate surface area is 107 Å². The molecule has 0 radical (unpaired) electrons. The van der Waals surface area contributed by atoms with Gasteiger partial charge >= 0.3 is 0 Å². The monoisotopic (exact) mass is 248 g/mol. The minimum atomic E-state index is 0.0452. The Kier molecular flexibility index (Phi) is 3.21. The molecule has 98 valence electrons. The topological polar surface area (TPSA) is 58.4 Å². The van der Waals surface area contributed by atoms with Crippen molar-refractivity contribution in [2.24, 2.45) is 0 Å². The number of aryl methyl sites for hydroxylation is 1. The van der Waals surface area contributed by atoms with Crippen LogP contribution in [0.3, 0.4) is 0 Å². The van der Waals surface area contributed by atoms with Crippen LogP contribution in [0.1, 0.15) is 19.7 Å². The van der Waals surface area contributed by atoms with Crippen LogP contribution >= 0.6 is 0 Å². The maximum Gasteiger partial charge on any atom is 0.203 e. The lowest BCUT2D eigenvalue weighted by atomic mass is 10.0. The van der Waals surface area contributed by atoms with Gasteiger partial charge in [-0.1, -0.05) is 0 Å². The lowest BCUT2D eigenvalue weighted by Crippen LogP contribution is -2.44. The van der Waals surface area contributed by atoms with Crippen molar-refractivity contribution in [2.75, 3.05) is 26.0 Å². The third-order valence-corrected chi connectivity index (χ3v) is 3.40. The summed E-state index contributed by atoms with van der Waals surface area (Å²) in [6.45, 7) is 7.07. The molecule has 6 nitrogen and oxygen atoms in total. The maximum absolute atomic E-state index is 4.33. The fourth-order valence-corrected chi connectivity index (χ4v) is 1.52. The summed E-state index contributed by atoms with van der Waals surface area (Å²) in [5.74, 6) is 1.63. The second kappa shape index (κ2) is 4.53. The lowest BCUT2D eigenvalue weighted by molar-refractivity contribution is 0.210. The third-order valence-electron chi connectivity index (χ3n) is 3.40. The van der Waals surface area contributed by atoms with Crippen molar-refractivity contribution in [1.29, 1.82) is 0 Å². The molecule has 0 bridgehead atoms. The fraction of sp³-hybridized carbons (Fsp3) is 0.583. The van der Waals surface area contributed by atoms with Gasteiger partial charge in [-0.05, 0) is 34.9 Å². The molecule has 1 N–H and O–H groups in total. The Morgan fingerprint density at radius 2 is 2.06 bits per heavy atom. The van der Waals surface area contributed by atoms with Gasteiger partial charge in [0.15, 0.2) is 5.82 Å². The van der Waals surface area contributed by atoms with Crippen molar-refractivity contribution in [1.82, 2.24) is 24.5 Å². The van der Waals surface area contributed by atoms with E-state index in [1.807, 2.05) is 17.5 Å². The molecule has 0 aliphatic carbocycles. The third kappa shape index (κ3) is 2.28. The highest BCUT2D eigenvalue weighted by Crippen LogP contribution is 2.15. The molecule has 0 saturated carbocycles. The SMILES string of the molecule is Cc1nnc2c(NCC(C)(C)N(C)C)nccn12. The first-order chi connectivity index (χ1) is 8.42. The summed E-state index contributed by atoms with van der Waals surface area (Å²) in [7, 11) is 4.13. The highest BCUT2D eigenvalue weighted by atomic mass is 15.3. The van der Waals surface area contributed by atoms with E-state index in [9.17, 15) is 0 Å². The Morgan fingerprint density at radius 1 is 1.33 bits per heavy atom. The quantitative estimate of drug-likeness (QED) is 0.880. The minimum Gasteiger partial charge on any atom is -0.365 e. The standard InChI is InChI=1S/C12H20N6/c1-9-15-16-11-10(13-6-7-18(9)11)14-8-12(2,3)17(4)5/h6-7H,8H2,1-5H3,(H,13,14). The summed E-state index contributed by atoms with van der Waals surface area (Å²) >= 11 is 0. The van der Waals surface area contributed by atoms with E-state index in [1.165, 1.54) is 0 Å². The van der Waals surface area contributed by atoms with Crippen LogP contribution in [-0.4, -0.2) is 50.7 Å². The van der Waals surface area contributed by atoms with Gasteiger partial charge in [-0.2, -0.15) is 0 Å². The van der Waals surface area contributed by atoms with Gasteiger partial charge in [-0.25, -0.2) is 4.98 Å². The highest BCUT2D eigenvalue weighted by Gasteiger charge is 2.20. The highest BCUT2D eigenvalue weighted by molar-refractivity contribution is 5.62. The number of anilines is 1. The van der Waals surface area contributed by atoms with Crippen LogP contribution in [0.2, 0.25) is 0 Å². The van der Waals surface area contributed by atoms with Gasteiger partial charge in [0.25, 0.3) is 0 Å². The van der Waals surface area contributed by atoms with Gasteiger partial charge in [0.1, 0.15) is 5.82 Å². The summed E-state index contributed by atoms with van der Waals surface area (Å²) in [6.07, 6.45) is 3.63. The predicted molar refractivity (Wildman–Crippen MR) is 71.8 cm³/mol. The van der Waals surface area contributed by atoms with Gasteiger partial charge in [0, 0.05) is 24.5 Å². The molecule has 0 atom stereocenters. The van der Waals surface area contributed by atoms with Crippen molar-refractivity contribution in [3.05, 3.63) is 18.2 Å². The van der Waals surface area contributed by atoms with Crippen LogP contribution in [0.4, 0.5) is 5.82 Å². The molecule has 6 heteroatoms. The van der Waals surface area contributed by atoms with Crippen LogP contribution in [0.25, 0.3) is 5.65 Å². The first-order valence-corrected chi connectivity index (χ1v) is 5.99. The van der Waals surface area contributed by atoms with E-state index in [1.54, 1.807) is 6.20 Å². The van der Waals surface area contributed by atoms with Crippen LogP contribution in [0.15, 0.2) is 12.4 Å². The number of likely N-dealkylation sites (N-methyl/N-ethyl adjacent to an activating group) is 1. The first kappa shape index (κ1) is 12.8. The van der Waals surface area contributed by atoms with Gasteiger partial charge in [0.05, 0.1) is 0 Å². The molecule has 2 aromatic heterocycles. The Morgan fingerprint density at radius 3 is 2.72 bits per heavy atom. The largest absolute Gasteiger partial charge is 0.365 e. The zero-order valence-corrected chi connectivity index (χ0v) is 11.6. The molecule has 0 aliphatic heterocycles. The molecule has 2 heterocycles. The van der Waals surface area contributed by atoms with E-state index in [-0.39, 0.29) is 5.54 Å². The summed E-state index contributed by atoms with van der Waals surface area (Å²) in [5, 5.41) is 11.5. The number of fused-ring (bicyclic) bond motifs is 1. The minimum absolute atomic E-state index is 0.0452. The number of nitrogens with one attached hydrogen (secondary N) is 1. The first-order valence-electron chi connectivity index (χ1n) is 5.99. The van der Waals surface area contributed by atoms with Gasteiger partial charge in [-0.15, -0.1) is 10.2 Å². The predicted octanol–water partition coefficient (Wildman–Crippen LogP) is 1.18. The molecule has 2 rings (SSSR count). The lowest BCUT2D eigenvalue weighted by Gasteiger charge is -2.32. The zero-order chi connectivity index (χ0) is 13.3. The molecular formula is C12H20N6. The molecule has 0 spiro atoms.